The van der Waals surface area contributed by atoms with Gasteiger partial charge in [-0.15, -0.1) is 0 Å². The highest BCUT2D eigenvalue weighted by atomic mass is 32.2. The van der Waals surface area contributed by atoms with Gasteiger partial charge in [0.15, 0.2) is 0 Å². The van der Waals surface area contributed by atoms with Crippen LogP contribution in [0, 0.1) is 5.92 Å². The number of hydrogen-bond donors (Lipinski definition) is 1. The summed E-state index contributed by atoms with van der Waals surface area (Å²) in [6.45, 7) is 4.77. The predicted molar refractivity (Wildman–Crippen MR) is 90.1 cm³/mol. The van der Waals surface area contributed by atoms with E-state index >= 15 is 0 Å². The van der Waals surface area contributed by atoms with Crippen LogP contribution in [0.4, 0.5) is 0 Å². The Hall–Kier alpha value is -1.11. The van der Waals surface area contributed by atoms with Gasteiger partial charge in [-0.3, -0.25) is 0 Å². The Morgan fingerprint density at radius 1 is 1.13 bits per heavy atom. The molecule has 0 atom stereocenters. The van der Waals surface area contributed by atoms with E-state index in [0.717, 1.165) is 25.3 Å². The third kappa shape index (κ3) is 4.25. The summed E-state index contributed by atoms with van der Waals surface area (Å²) in [5, 5.41) is 3.58. The summed E-state index contributed by atoms with van der Waals surface area (Å²) >= 11 is 0. The van der Waals surface area contributed by atoms with Crippen LogP contribution in [0.5, 0.6) is 5.75 Å². The van der Waals surface area contributed by atoms with Crippen molar-refractivity contribution in [2.24, 2.45) is 5.92 Å². The Labute approximate surface area is 139 Å². The molecule has 1 N–H and O–H groups in total. The molecule has 0 spiro atoms. The first-order valence-corrected chi connectivity index (χ1v) is 10.00. The molecule has 1 aliphatic heterocycles. The van der Waals surface area contributed by atoms with E-state index in [9.17, 15) is 8.42 Å². The number of nitrogens with zero attached hydrogens (tertiary/aromatic N) is 1. The summed E-state index contributed by atoms with van der Waals surface area (Å²) in [4.78, 5) is 0.352. The molecule has 1 heterocycles. The quantitative estimate of drug-likeness (QED) is 0.828. The minimum Gasteiger partial charge on any atom is -0.494 e. The maximum atomic E-state index is 12.7. The van der Waals surface area contributed by atoms with Crippen molar-refractivity contribution in [3.8, 4) is 5.75 Å². The van der Waals surface area contributed by atoms with Gasteiger partial charge in [-0.25, -0.2) is 8.42 Å². The Morgan fingerprint density at radius 3 is 2.35 bits per heavy atom. The van der Waals surface area contributed by atoms with E-state index in [-0.39, 0.29) is 0 Å². The fourth-order valence-corrected chi connectivity index (χ4v) is 4.45. The molecule has 0 aromatic heterocycles. The lowest BCUT2D eigenvalue weighted by atomic mass is 10.1. The molecule has 1 aromatic carbocycles. The van der Waals surface area contributed by atoms with Gasteiger partial charge in [0.05, 0.1) is 11.5 Å². The summed E-state index contributed by atoms with van der Waals surface area (Å²) in [5.41, 5.74) is 0. The van der Waals surface area contributed by atoms with Crippen molar-refractivity contribution in [3.63, 3.8) is 0 Å². The second-order valence-electron chi connectivity index (χ2n) is 6.43. The van der Waals surface area contributed by atoms with Crippen molar-refractivity contribution >= 4 is 10.0 Å². The molecule has 0 unspecified atom stereocenters. The third-order valence-electron chi connectivity index (χ3n) is 4.62. The number of ether oxygens (including phenoxy) is 1. The number of piperidine rings is 1. The standard InChI is InChI=1S/C17H26N2O3S/c1-2-22-16-5-7-17(8-6-16)23(20,21)19-11-9-15(10-12-19)18-13-14-3-4-14/h5-8,14-15,18H,2-4,9-13H2,1H3. The highest BCUT2D eigenvalue weighted by Gasteiger charge is 2.30. The van der Waals surface area contributed by atoms with Crippen LogP contribution < -0.4 is 10.1 Å². The molecule has 5 nitrogen and oxygen atoms in total. The van der Waals surface area contributed by atoms with Gasteiger partial charge in [-0.1, -0.05) is 0 Å². The van der Waals surface area contributed by atoms with Gasteiger partial charge < -0.3 is 10.1 Å². The van der Waals surface area contributed by atoms with Gasteiger partial charge in [0, 0.05) is 19.1 Å². The van der Waals surface area contributed by atoms with E-state index in [1.54, 1.807) is 28.6 Å². The lowest BCUT2D eigenvalue weighted by Crippen LogP contribution is -2.45. The lowest BCUT2D eigenvalue weighted by Gasteiger charge is -2.31. The Balaban J connectivity index is 1.57. The molecule has 128 valence electrons. The first-order chi connectivity index (χ1) is 11.1. The maximum absolute atomic E-state index is 12.7. The van der Waals surface area contributed by atoms with Crippen molar-refractivity contribution in [1.29, 1.82) is 0 Å². The number of hydrogen-bond acceptors (Lipinski definition) is 4. The molecule has 3 rings (SSSR count). The SMILES string of the molecule is CCOc1ccc(S(=O)(=O)N2CCC(NCC3CC3)CC2)cc1. The van der Waals surface area contributed by atoms with Crippen LogP contribution in [0.1, 0.15) is 32.6 Å². The number of benzene rings is 1. The van der Waals surface area contributed by atoms with E-state index in [1.807, 2.05) is 6.92 Å². The van der Waals surface area contributed by atoms with Crippen LogP contribution in [0.2, 0.25) is 0 Å². The van der Waals surface area contributed by atoms with Crippen LogP contribution in [-0.4, -0.2) is 45.0 Å². The molecule has 23 heavy (non-hydrogen) atoms. The van der Waals surface area contributed by atoms with Gasteiger partial charge in [0.1, 0.15) is 5.75 Å². The molecule has 1 aliphatic carbocycles. The first-order valence-electron chi connectivity index (χ1n) is 8.56. The van der Waals surface area contributed by atoms with Gasteiger partial charge in [-0.2, -0.15) is 4.31 Å². The second-order valence-corrected chi connectivity index (χ2v) is 8.37. The van der Waals surface area contributed by atoms with E-state index in [4.69, 9.17) is 4.74 Å². The van der Waals surface area contributed by atoms with E-state index in [0.29, 0.717) is 36.4 Å². The largest absolute Gasteiger partial charge is 0.494 e. The first kappa shape index (κ1) is 16.7. The molecule has 2 aliphatic rings. The van der Waals surface area contributed by atoms with Gasteiger partial charge in [-0.05, 0) is 69.3 Å². The number of nitrogens with one attached hydrogen (secondary N) is 1. The van der Waals surface area contributed by atoms with Crippen LogP contribution >= 0.6 is 0 Å². The van der Waals surface area contributed by atoms with Crippen molar-refractivity contribution in [1.82, 2.24) is 9.62 Å². The molecule has 1 aromatic rings. The highest BCUT2D eigenvalue weighted by Crippen LogP contribution is 2.28. The molecule has 6 heteroatoms. The Bertz CT molecular complexity index is 603. The Kier molecular flexibility index (Phi) is 5.24. The zero-order valence-corrected chi connectivity index (χ0v) is 14.5. The van der Waals surface area contributed by atoms with Crippen LogP contribution in [0.25, 0.3) is 0 Å². The summed E-state index contributed by atoms with van der Waals surface area (Å²) in [5.74, 6) is 1.56. The van der Waals surface area contributed by atoms with Crippen LogP contribution in [-0.2, 0) is 10.0 Å². The van der Waals surface area contributed by atoms with Crippen LogP contribution in [0.15, 0.2) is 29.2 Å². The zero-order valence-electron chi connectivity index (χ0n) is 13.7. The smallest absolute Gasteiger partial charge is 0.243 e. The van der Waals surface area contributed by atoms with Crippen molar-refractivity contribution < 1.29 is 13.2 Å². The molecule has 0 bridgehead atoms. The molecule has 1 saturated heterocycles. The number of sulfonamides is 1. The normalized spacial score (nSPS) is 20.6. The molecule has 1 saturated carbocycles. The highest BCUT2D eigenvalue weighted by molar-refractivity contribution is 7.89. The topological polar surface area (TPSA) is 58.6 Å². The summed E-state index contributed by atoms with van der Waals surface area (Å²) in [7, 11) is -3.39. The van der Waals surface area contributed by atoms with E-state index < -0.39 is 10.0 Å². The fraction of sp³-hybridized carbons (Fsp3) is 0.647. The third-order valence-corrected chi connectivity index (χ3v) is 6.53. The summed E-state index contributed by atoms with van der Waals surface area (Å²) < 4.78 is 32.4. The zero-order chi connectivity index (χ0) is 16.3. The molecule has 0 amide bonds. The van der Waals surface area contributed by atoms with Gasteiger partial charge in [0.2, 0.25) is 10.0 Å². The summed E-state index contributed by atoms with van der Waals surface area (Å²) in [6.07, 6.45) is 4.47. The van der Waals surface area contributed by atoms with Crippen molar-refractivity contribution in [3.05, 3.63) is 24.3 Å². The monoisotopic (exact) mass is 338 g/mol. The second kappa shape index (κ2) is 7.20. The fourth-order valence-electron chi connectivity index (χ4n) is 2.98. The molecule has 2 fully saturated rings. The van der Waals surface area contributed by atoms with Gasteiger partial charge in [0.25, 0.3) is 0 Å². The maximum Gasteiger partial charge on any atom is 0.243 e. The minimum absolute atomic E-state index is 0.352. The molecular formula is C17H26N2O3S. The average molecular weight is 338 g/mol. The van der Waals surface area contributed by atoms with E-state index in [1.165, 1.54) is 12.8 Å². The van der Waals surface area contributed by atoms with Crippen LogP contribution in [0.3, 0.4) is 0 Å². The minimum atomic E-state index is -3.39. The lowest BCUT2D eigenvalue weighted by molar-refractivity contribution is 0.288. The van der Waals surface area contributed by atoms with Crippen molar-refractivity contribution in [2.75, 3.05) is 26.2 Å². The van der Waals surface area contributed by atoms with E-state index in [2.05, 4.69) is 5.32 Å². The Morgan fingerprint density at radius 2 is 1.78 bits per heavy atom. The van der Waals surface area contributed by atoms with Gasteiger partial charge >= 0.3 is 0 Å². The molecule has 0 radical (unpaired) electrons. The summed E-state index contributed by atoms with van der Waals surface area (Å²) in [6, 6.07) is 7.18. The van der Waals surface area contributed by atoms with Crippen molar-refractivity contribution in [2.45, 2.75) is 43.5 Å². The predicted octanol–water partition coefficient (Wildman–Crippen LogP) is 2.24. The average Bonchev–Trinajstić information content (AvgIpc) is 3.39. The number of rotatable bonds is 7. The molecular weight excluding hydrogens is 312 g/mol.